The van der Waals surface area contributed by atoms with Crippen LogP contribution in [0.15, 0.2) is 24.3 Å². The summed E-state index contributed by atoms with van der Waals surface area (Å²) in [5, 5.41) is 0. The van der Waals surface area contributed by atoms with Crippen molar-refractivity contribution in [2.75, 3.05) is 39.5 Å². The van der Waals surface area contributed by atoms with Gasteiger partial charge in [0, 0.05) is 32.7 Å². The van der Waals surface area contributed by atoms with Crippen LogP contribution in [0.2, 0.25) is 0 Å². The Morgan fingerprint density at radius 1 is 1.00 bits per heavy atom. The third-order valence-corrected chi connectivity index (χ3v) is 3.74. The summed E-state index contributed by atoms with van der Waals surface area (Å²) in [4.78, 5) is 4.54. The van der Waals surface area contributed by atoms with Gasteiger partial charge in [-0.3, -0.25) is 4.90 Å². The number of halogens is 3. The number of nitrogens with zero attached hydrogens (tertiary/aromatic N) is 2. The van der Waals surface area contributed by atoms with Gasteiger partial charge in [-0.15, -0.1) is 0 Å². The highest BCUT2D eigenvalue weighted by atomic mass is 19.4. The number of ether oxygens (including phenoxy) is 1. The van der Waals surface area contributed by atoms with Crippen molar-refractivity contribution < 1.29 is 17.9 Å². The molecule has 23 heavy (non-hydrogen) atoms. The van der Waals surface area contributed by atoms with E-state index >= 15 is 0 Å². The maximum Gasteiger partial charge on any atom is 0.416 e. The second-order valence-corrected chi connectivity index (χ2v) is 7.25. The van der Waals surface area contributed by atoms with E-state index in [0.29, 0.717) is 6.73 Å². The molecular weight excluding hydrogens is 305 g/mol. The Labute approximate surface area is 136 Å². The lowest BCUT2D eigenvalue weighted by molar-refractivity contribution is -0.137. The first-order chi connectivity index (χ1) is 10.6. The molecule has 0 aliphatic carbocycles. The molecule has 6 heteroatoms. The van der Waals surface area contributed by atoms with Crippen molar-refractivity contribution in [2.24, 2.45) is 5.41 Å². The van der Waals surface area contributed by atoms with Gasteiger partial charge in [0.15, 0.2) is 0 Å². The van der Waals surface area contributed by atoms with Gasteiger partial charge in [-0.05, 0) is 23.6 Å². The van der Waals surface area contributed by atoms with Crippen molar-refractivity contribution in [1.82, 2.24) is 9.80 Å². The summed E-state index contributed by atoms with van der Waals surface area (Å²) in [6.07, 6.45) is -4.34. The van der Waals surface area contributed by atoms with Gasteiger partial charge in [-0.1, -0.05) is 26.8 Å². The minimum Gasteiger partial charge on any atom is -0.478 e. The predicted octanol–water partition coefficient (Wildman–Crippen LogP) is 3.71. The van der Waals surface area contributed by atoms with Gasteiger partial charge in [0.1, 0.15) is 12.5 Å². The van der Waals surface area contributed by atoms with E-state index in [0.717, 1.165) is 44.9 Å². The van der Waals surface area contributed by atoms with Gasteiger partial charge in [-0.25, -0.2) is 0 Å². The summed E-state index contributed by atoms with van der Waals surface area (Å²) < 4.78 is 43.5. The summed E-state index contributed by atoms with van der Waals surface area (Å²) in [7, 11) is 0. The number of alkyl halides is 3. The van der Waals surface area contributed by atoms with Crippen LogP contribution in [0, 0.1) is 5.41 Å². The molecule has 1 heterocycles. The average Bonchev–Trinajstić information content (AvgIpc) is 2.44. The van der Waals surface area contributed by atoms with Crippen LogP contribution in [-0.2, 0) is 6.18 Å². The summed E-state index contributed by atoms with van der Waals surface area (Å²) in [5.74, 6) is 0.261. The molecule has 2 rings (SSSR count). The lowest BCUT2D eigenvalue weighted by atomic mass is 9.96. The lowest BCUT2D eigenvalue weighted by Crippen LogP contribution is -2.49. The Kier molecular flexibility index (Phi) is 5.57. The van der Waals surface area contributed by atoms with Crippen LogP contribution in [-0.4, -0.2) is 49.3 Å². The van der Waals surface area contributed by atoms with Crippen LogP contribution in [0.4, 0.5) is 13.2 Å². The third-order valence-electron chi connectivity index (χ3n) is 3.74. The van der Waals surface area contributed by atoms with Gasteiger partial charge >= 0.3 is 6.18 Å². The molecule has 0 unspecified atom stereocenters. The summed E-state index contributed by atoms with van der Waals surface area (Å²) in [5.41, 5.74) is -0.401. The van der Waals surface area contributed by atoms with Gasteiger partial charge in [0.25, 0.3) is 0 Å². The van der Waals surface area contributed by atoms with E-state index in [-0.39, 0.29) is 11.2 Å². The Balaban J connectivity index is 1.80. The molecular formula is C17H25F3N2O. The molecule has 1 aromatic carbocycles. The molecule has 0 N–H and O–H groups in total. The van der Waals surface area contributed by atoms with Gasteiger partial charge in [-0.2, -0.15) is 13.2 Å². The van der Waals surface area contributed by atoms with Crippen LogP contribution >= 0.6 is 0 Å². The Bertz CT molecular complexity index is 503. The zero-order chi connectivity index (χ0) is 17.1. The average molecular weight is 330 g/mol. The highest BCUT2D eigenvalue weighted by Gasteiger charge is 2.30. The Morgan fingerprint density at radius 2 is 1.61 bits per heavy atom. The highest BCUT2D eigenvalue weighted by Crippen LogP contribution is 2.31. The third kappa shape index (κ3) is 6.03. The number of hydrogen-bond acceptors (Lipinski definition) is 3. The topological polar surface area (TPSA) is 15.7 Å². The zero-order valence-corrected chi connectivity index (χ0v) is 14.0. The Hall–Kier alpha value is -1.27. The minimum atomic E-state index is -4.34. The molecule has 1 aliphatic heterocycles. The zero-order valence-electron chi connectivity index (χ0n) is 14.0. The Morgan fingerprint density at radius 3 is 2.17 bits per heavy atom. The van der Waals surface area contributed by atoms with Crippen LogP contribution in [0.5, 0.6) is 5.75 Å². The van der Waals surface area contributed by atoms with E-state index in [2.05, 4.69) is 30.6 Å². The second kappa shape index (κ2) is 7.09. The van der Waals surface area contributed by atoms with Crippen LogP contribution < -0.4 is 4.74 Å². The number of rotatable bonds is 4. The molecule has 130 valence electrons. The fourth-order valence-electron chi connectivity index (χ4n) is 2.68. The summed E-state index contributed by atoms with van der Waals surface area (Å²) in [6.45, 7) is 11.7. The minimum absolute atomic E-state index is 0.261. The number of piperazine rings is 1. The van der Waals surface area contributed by atoms with Crippen molar-refractivity contribution in [1.29, 1.82) is 0 Å². The number of benzene rings is 1. The van der Waals surface area contributed by atoms with E-state index < -0.39 is 11.7 Å². The molecule has 0 bridgehead atoms. The number of hydrogen-bond donors (Lipinski definition) is 0. The molecule has 3 nitrogen and oxygen atoms in total. The van der Waals surface area contributed by atoms with Gasteiger partial charge < -0.3 is 9.64 Å². The predicted molar refractivity (Wildman–Crippen MR) is 84.4 cm³/mol. The van der Waals surface area contributed by atoms with Gasteiger partial charge in [0.2, 0.25) is 0 Å². The SMILES string of the molecule is CC(C)(C)CN1CCN(COc2cccc(C(F)(F)F)c2)CC1. The largest absolute Gasteiger partial charge is 0.478 e. The summed E-state index contributed by atoms with van der Waals surface area (Å²) in [6, 6.07) is 5.04. The molecule has 0 atom stereocenters. The van der Waals surface area contributed by atoms with Crippen molar-refractivity contribution in [3.05, 3.63) is 29.8 Å². The van der Waals surface area contributed by atoms with Crippen LogP contribution in [0.3, 0.4) is 0 Å². The van der Waals surface area contributed by atoms with Crippen LogP contribution in [0.1, 0.15) is 26.3 Å². The molecule has 0 aromatic heterocycles. The highest BCUT2D eigenvalue weighted by molar-refractivity contribution is 5.30. The first-order valence-corrected chi connectivity index (χ1v) is 7.88. The van der Waals surface area contributed by atoms with Crippen molar-refractivity contribution in [3.8, 4) is 5.75 Å². The normalized spacial score (nSPS) is 18.2. The van der Waals surface area contributed by atoms with Crippen LogP contribution in [0.25, 0.3) is 0 Å². The van der Waals surface area contributed by atoms with Crippen molar-refractivity contribution in [2.45, 2.75) is 26.9 Å². The first kappa shape index (κ1) is 18.1. The van der Waals surface area contributed by atoms with Gasteiger partial charge in [0.05, 0.1) is 5.56 Å². The first-order valence-electron chi connectivity index (χ1n) is 7.88. The van der Waals surface area contributed by atoms with E-state index in [9.17, 15) is 13.2 Å². The maximum absolute atomic E-state index is 12.7. The fraction of sp³-hybridized carbons (Fsp3) is 0.647. The molecule has 1 aliphatic rings. The van der Waals surface area contributed by atoms with E-state index in [4.69, 9.17) is 4.74 Å². The molecule has 0 saturated carbocycles. The smallest absolute Gasteiger partial charge is 0.416 e. The van der Waals surface area contributed by atoms with Crippen molar-refractivity contribution in [3.63, 3.8) is 0 Å². The van der Waals surface area contributed by atoms with Crippen molar-refractivity contribution >= 4 is 0 Å². The molecule has 0 spiro atoms. The quantitative estimate of drug-likeness (QED) is 0.837. The molecule has 1 aromatic rings. The van der Waals surface area contributed by atoms with E-state index in [1.54, 1.807) is 6.07 Å². The standard InChI is InChI=1S/C17H25F3N2O/c1-16(2,3)12-21-7-9-22(10-8-21)13-23-15-6-4-5-14(11-15)17(18,19)20/h4-6,11H,7-10,12-13H2,1-3H3. The lowest BCUT2D eigenvalue weighted by Gasteiger charge is -2.37. The fourth-order valence-corrected chi connectivity index (χ4v) is 2.68. The van der Waals surface area contributed by atoms with E-state index in [1.807, 2.05) is 0 Å². The monoisotopic (exact) mass is 330 g/mol. The molecule has 0 radical (unpaired) electrons. The maximum atomic E-state index is 12.7. The van der Waals surface area contributed by atoms with E-state index in [1.165, 1.54) is 6.07 Å². The second-order valence-electron chi connectivity index (χ2n) is 7.25. The molecule has 1 saturated heterocycles. The molecule has 0 amide bonds. The molecule has 1 fully saturated rings. The summed E-state index contributed by atoms with van der Waals surface area (Å²) >= 11 is 0.